The second kappa shape index (κ2) is 6.69. The summed E-state index contributed by atoms with van der Waals surface area (Å²) in [4.78, 5) is 16.4. The van der Waals surface area contributed by atoms with Crippen molar-refractivity contribution < 1.29 is 9.53 Å². The van der Waals surface area contributed by atoms with Gasteiger partial charge in [-0.15, -0.1) is 0 Å². The number of piperidine rings is 1. The molecule has 0 aromatic heterocycles. The molecular formula is C18H26N2O2. The molecule has 1 aromatic rings. The monoisotopic (exact) mass is 302 g/mol. The highest BCUT2D eigenvalue weighted by Gasteiger charge is 2.33. The predicted molar refractivity (Wildman–Crippen MR) is 86.9 cm³/mol. The van der Waals surface area contributed by atoms with Crippen molar-refractivity contribution in [2.75, 3.05) is 26.2 Å². The zero-order valence-corrected chi connectivity index (χ0v) is 13.6. The van der Waals surface area contributed by atoms with E-state index in [2.05, 4.69) is 18.7 Å². The fourth-order valence-electron chi connectivity index (χ4n) is 3.39. The Morgan fingerprint density at radius 3 is 2.59 bits per heavy atom. The van der Waals surface area contributed by atoms with Gasteiger partial charge in [-0.1, -0.05) is 18.2 Å². The van der Waals surface area contributed by atoms with E-state index in [4.69, 9.17) is 4.74 Å². The number of rotatable bonds is 5. The SMILES string of the molecule is CC(C)N1CC(CN2CC(Oc3ccccc3)C2)CCC1=O. The highest BCUT2D eigenvalue weighted by molar-refractivity contribution is 5.77. The van der Waals surface area contributed by atoms with Crippen LogP contribution in [0.1, 0.15) is 26.7 Å². The molecule has 0 radical (unpaired) electrons. The number of hydrogen-bond donors (Lipinski definition) is 0. The maximum atomic E-state index is 11.9. The first-order valence-corrected chi connectivity index (χ1v) is 8.35. The summed E-state index contributed by atoms with van der Waals surface area (Å²) in [6, 6.07) is 10.4. The first-order valence-electron chi connectivity index (χ1n) is 8.35. The summed E-state index contributed by atoms with van der Waals surface area (Å²) in [5.41, 5.74) is 0. The van der Waals surface area contributed by atoms with E-state index in [1.807, 2.05) is 35.2 Å². The minimum Gasteiger partial charge on any atom is -0.488 e. The molecule has 1 amide bonds. The summed E-state index contributed by atoms with van der Waals surface area (Å²) < 4.78 is 5.94. The Kier molecular flexibility index (Phi) is 4.67. The molecule has 0 saturated carbocycles. The zero-order chi connectivity index (χ0) is 15.5. The third-order valence-electron chi connectivity index (χ3n) is 4.65. The van der Waals surface area contributed by atoms with E-state index < -0.39 is 0 Å². The van der Waals surface area contributed by atoms with Crippen molar-refractivity contribution in [3.63, 3.8) is 0 Å². The number of likely N-dealkylation sites (tertiary alicyclic amines) is 2. The van der Waals surface area contributed by atoms with Gasteiger partial charge in [-0.2, -0.15) is 0 Å². The summed E-state index contributed by atoms with van der Waals surface area (Å²) in [6.45, 7) is 8.21. The van der Waals surface area contributed by atoms with Crippen LogP contribution in [0.4, 0.5) is 0 Å². The van der Waals surface area contributed by atoms with Crippen LogP contribution in [-0.2, 0) is 4.79 Å². The highest BCUT2D eigenvalue weighted by atomic mass is 16.5. The predicted octanol–water partition coefficient (Wildman–Crippen LogP) is 2.40. The van der Waals surface area contributed by atoms with Crippen molar-refractivity contribution in [3.05, 3.63) is 30.3 Å². The fraction of sp³-hybridized carbons (Fsp3) is 0.611. The number of amides is 1. The summed E-state index contributed by atoms with van der Waals surface area (Å²) >= 11 is 0. The van der Waals surface area contributed by atoms with Gasteiger partial charge in [-0.3, -0.25) is 9.69 Å². The standard InChI is InChI=1S/C18H26N2O2/c1-14(2)20-11-15(8-9-18(20)21)10-19-12-17(13-19)22-16-6-4-3-5-7-16/h3-7,14-15,17H,8-13H2,1-2H3. The molecule has 2 heterocycles. The van der Waals surface area contributed by atoms with Gasteiger partial charge < -0.3 is 9.64 Å². The molecule has 0 N–H and O–H groups in total. The first-order chi connectivity index (χ1) is 10.6. The van der Waals surface area contributed by atoms with Gasteiger partial charge in [0.2, 0.25) is 5.91 Å². The highest BCUT2D eigenvalue weighted by Crippen LogP contribution is 2.24. The van der Waals surface area contributed by atoms with Gasteiger partial charge in [0.25, 0.3) is 0 Å². The van der Waals surface area contributed by atoms with Crippen molar-refractivity contribution >= 4 is 5.91 Å². The Morgan fingerprint density at radius 1 is 1.18 bits per heavy atom. The molecule has 0 spiro atoms. The lowest BCUT2D eigenvalue weighted by Gasteiger charge is -2.43. The Morgan fingerprint density at radius 2 is 1.91 bits per heavy atom. The first kappa shape index (κ1) is 15.3. The van der Waals surface area contributed by atoms with E-state index in [0.29, 0.717) is 30.4 Å². The van der Waals surface area contributed by atoms with Crippen LogP contribution < -0.4 is 4.74 Å². The Labute approximate surface area is 133 Å². The van der Waals surface area contributed by atoms with E-state index in [1.165, 1.54) is 0 Å². The minimum absolute atomic E-state index is 0.314. The van der Waals surface area contributed by atoms with Gasteiger partial charge in [-0.25, -0.2) is 0 Å². The Balaban J connectivity index is 1.41. The molecular weight excluding hydrogens is 276 g/mol. The van der Waals surface area contributed by atoms with Crippen LogP contribution >= 0.6 is 0 Å². The molecule has 0 aliphatic carbocycles. The lowest BCUT2D eigenvalue weighted by Crippen LogP contribution is -2.56. The quantitative estimate of drug-likeness (QED) is 0.837. The van der Waals surface area contributed by atoms with Crippen LogP contribution in [0.3, 0.4) is 0 Å². The van der Waals surface area contributed by atoms with Crippen molar-refractivity contribution in [2.45, 2.75) is 38.8 Å². The molecule has 3 rings (SSSR count). The van der Waals surface area contributed by atoms with Gasteiger partial charge in [0.05, 0.1) is 0 Å². The second-order valence-electron chi connectivity index (χ2n) is 6.82. The third kappa shape index (κ3) is 3.61. The average Bonchev–Trinajstić information content (AvgIpc) is 2.47. The van der Waals surface area contributed by atoms with E-state index in [9.17, 15) is 4.79 Å². The molecule has 120 valence electrons. The molecule has 0 bridgehead atoms. The fourth-order valence-corrected chi connectivity index (χ4v) is 3.39. The number of nitrogens with zero attached hydrogens (tertiary/aromatic N) is 2. The van der Waals surface area contributed by atoms with Crippen molar-refractivity contribution in [3.8, 4) is 5.75 Å². The van der Waals surface area contributed by atoms with Crippen LogP contribution in [0, 0.1) is 5.92 Å². The molecule has 22 heavy (non-hydrogen) atoms. The third-order valence-corrected chi connectivity index (χ3v) is 4.65. The van der Waals surface area contributed by atoms with E-state index >= 15 is 0 Å². The van der Waals surface area contributed by atoms with Gasteiger partial charge in [0.15, 0.2) is 0 Å². The van der Waals surface area contributed by atoms with Gasteiger partial charge in [0, 0.05) is 38.6 Å². The van der Waals surface area contributed by atoms with Crippen LogP contribution in [0.2, 0.25) is 0 Å². The molecule has 2 fully saturated rings. The minimum atomic E-state index is 0.314. The zero-order valence-electron chi connectivity index (χ0n) is 13.6. The maximum Gasteiger partial charge on any atom is 0.222 e. The summed E-state index contributed by atoms with van der Waals surface area (Å²) in [5.74, 6) is 1.89. The van der Waals surface area contributed by atoms with E-state index in [1.54, 1.807) is 0 Å². The van der Waals surface area contributed by atoms with Crippen molar-refractivity contribution in [1.82, 2.24) is 9.80 Å². The number of carbonyl (C=O) groups excluding carboxylic acids is 1. The van der Waals surface area contributed by atoms with Gasteiger partial charge >= 0.3 is 0 Å². The topological polar surface area (TPSA) is 32.8 Å². The molecule has 1 atom stereocenters. The number of para-hydroxylation sites is 1. The van der Waals surface area contributed by atoms with Crippen molar-refractivity contribution in [2.24, 2.45) is 5.92 Å². The molecule has 2 aliphatic heterocycles. The maximum absolute atomic E-state index is 11.9. The summed E-state index contributed by atoms with van der Waals surface area (Å²) in [5, 5.41) is 0. The largest absolute Gasteiger partial charge is 0.488 e. The molecule has 4 heteroatoms. The lowest BCUT2D eigenvalue weighted by atomic mass is 9.94. The van der Waals surface area contributed by atoms with Gasteiger partial charge in [-0.05, 0) is 38.3 Å². The van der Waals surface area contributed by atoms with E-state index in [-0.39, 0.29) is 0 Å². The Bertz CT molecular complexity index is 497. The molecule has 1 unspecified atom stereocenters. The number of carbonyl (C=O) groups is 1. The average molecular weight is 302 g/mol. The second-order valence-corrected chi connectivity index (χ2v) is 6.82. The smallest absolute Gasteiger partial charge is 0.222 e. The number of hydrogen-bond acceptors (Lipinski definition) is 3. The summed E-state index contributed by atoms with van der Waals surface area (Å²) in [6.07, 6.45) is 2.05. The number of benzene rings is 1. The van der Waals surface area contributed by atoms with E-state index in [0.717, 1.165) is 38.3 Å². The van der Waals surface area contributed by atoms with Crippen LogP contribution in [-0.4, -0.2) is 54.0 Å². The van der Waals surface area contributed by atoms with Crippen LogP contribution in [0.15, 0.2) is 30.3 Å². The summed E-state index contributed by atoms with van der Waals surface area (Å²) in [7, 11) is 0. The lowest BCUT2D eigenvalue weighted by molar-refractivity contribution is -0.137. The molecule has 2 saturated heterocycles. The number of ether oxygens (including phenoxy) is 1. The molecule has 1 aromatic carbocycles. The van der Waals surface area contributed by atoms with Crippen LogP contribution in [0.25, 0.3) is 0 Å². The Hall–Kier alpha value is -1.55. The van der Waals surface area contributed by atoms with Crippen molar-refractivity contribution in [1.29, 1.82) is 0 Å². The van der Waals surface area contributed by atoms with Crippen LogP contribution in [0.5, 0.6) is 5.75 Å². The van der Waals surface area contributed by atoms with Gasteiger partial charge in [0.1, 0.15) is 11.9 Å². The molecule has 2 aliphatic rings. The molecule has 4 nitrogen and oxygen atoms in total. The normalized spacial score (nSPS) is 23.7.